The highest BCUT2D eigenvalue weighted by molar-refractivity contribution is 6.30. The molecule has 1 unspecified atom stereocenters. The minimum Gasteiger partial charge on any atom is -0.481 e. The van der Waals surface area contributed by atoms with Crippen LogP contribution in [-0.4, -0.2) is 27.8 Å². The van der Waals surface area contributed by atoms with Gasteiger partial charge in [-0.05, 0) is 45.7 Å². The van der Waals surface area contributed by atoms with Crippen molar-refractivity contribution in [2.45, 2.75) is 58.6 Å². The normalized spacial score (nSPS) is 13.9. The summed E-state index contributed by atoms with van der Waals surface area (Å²) in [6, 6.07) is 2.95. The van der Waals surface area contributed by atoms with Gasteiger partial charge in [0.05, 0.1) is 17.7 Å². The van der Waals surface area contributed by atoms with Gasteiger partial charge >= 0.3 is 12.1 Å². The summed E-state index contributed by atoms with van der Waals surface area (Å²) in [5.74, 6) is -1.26. The van der Waals surface area contributed by atoms with Crippen molar-refractivity contribution < 1.29 is 19.4 Å². The summed E-state index contributed by atoms with van der Waals surface area (Å²) in [4.78, 5) is 27.2. The summed E-state index contributed by atoms with van der Waals surface area (Å²) in [5, 5.41) is 12.3. The third-order valence-corrected chi connectivity index (χ3v) is 3.58. The van der Waals surface area contributed by atoms with E-state index in [-0.39, 0.29) is 6.04 Å². The van der Waals surface area contributed by atoms with E-state index in [4.69, 9.17) is 21.4 Å². The van der Waals surface area contributed by atoms with Crippen LogP contribution in [-0.2, 0) is 9.53 Å². The van der Waals surface area contributed by atoms with Crippen molar-refractivity contribution in [3.63, 3.8) is 0 Å². The van der Waals surface area contributed by atoms with E-state index in [9.17, 15) is 9.59 Å². The van der Waals surface area contributed by atoms with Crippen molar-refractivity contribution in [1.82, 2.24) is 10.3 Å². The molecule has 134 valence electrons. The molecule has 2 N–H and O–H groups in total. The van der Waals surface area contributed by atoms with Crippen LogP contribution in [0.5, 0.6) is 0 Å². The molecular formula is C17H25ClN2O4. The molecule has 0 aliphatic carbocycles. The number of carboxylic acids is 1. The van der Waals surface area contributed by atoms with E-state index in [2.05, 4.69) is 10.3 Å². The van der Waals surface area contributed by atoms with Gasteiger partial charge in [0.15, 0.2) is 0 Å². The largest absolute Gasteiger partial charge is 0.481 e. The third kappa shape index (κ3) is 7.64. The number of rotatable bonds is 7. The molecule has 0 fully saturated rings. The van der Waals surface area contributed by atoms with Gasteiger partial charge in [0.2, 0.25) is 0 Å². The Balaban J connectivity index is 2.76. The molecular weight excluding hydrogens is 332 g/mol. The zero-order valence-corrected chi connectivity index (χ0v) is 15.3. The summed E-state index contributed by atoms with van der Waals surface area (Å²) in [5.41, 5.74) is 0.0186. The molecule has 0 saturated heterocycles. The van der Waals surface area contributed by atoms with E-state index in [1.807, 2.05) is 0 Å². The van der Waals surface area contributed by atoms with Crippen LogP contribution in [0.1, 0.15) is 58.7 Å². The van der Waals surface area contributed by atoms with Crippen LogP contribution in [0.15, 0.2) is 18.3 Å². The standard InChI is InChI=1S/C17H25ClN2O4/c1-11(15(21)22)6-5-7-13(14-10-12(18)8-9-19-14)20-16(23)24-17(2,3)4/h8-11,13H,5-7H2,1-4H3,(H,20,23)(H,21,22)/t11-,13?/m1/s1. The summed E-state index contributed by atoms with van der Waals surface area (Å²) < 4.78 is 5.28. The molecule has 6 nitrogen and oxygen atoms in total. The number of carbonyl (C=O) groups excluding carboxylic acids is 1. The molecule has 0 saturated carbocycles. The molecule has 24 heavy (non-hydrogen) atoms. The molecule has 1 rings (SSSR count). The van der Waals surface area contributed by atoms with Crippen LogP contribution >= 0.6 is 11.6 Å². The van der Waals surface area contributed by atoms with Crippen LogP contribution in [0.3, 0.4) is 0 Å². The van der Waals surface area contributed by atoms with Gasteiger partial charge in [-0.2, -0.15) is 0 Å². The Hall–Kier alpha value is -1.82. The number of carbonyl (C=O) groups is 2. The van der Waals surface area contributed by atoms with Gasteiger partial charge in [-0.1, -0.05) is 24.9 Å². The second-order valence-corrected chi connectivity index (χ2v) is 7.20. The molecule has 2 atom stereocenters. The molecule has 0 aromatic carbocycles. The van der Waals surface area contributed by atoms with Gasteiger partial charge in [-0.25, -0.2) is 4.79 Å². The first-order valence-electron chi connectivity index (χ1n) is 7.92. The third-order valence-electron chi connectivity index (χ3n) is 3.34. The summed E-state index contributed by atoms with van der Waals surface area (Å²) in [6.07, 6.45) is 2.72. The second-order valence-electron chi connectivity index (χ2n) is 6.77. The number of pyridine rings is 1. The zero-order valence-electron chi connectivity index (χ0n) is 14.5. The molecule has 0 aliphatic heterocycles. The molecule has 1 heterocycles. The number of nitrogens with one attached hydrogen (secondary N) is 1. The number of alkyl carbamates (subject to hydrolysis) is 1. The SMILES string of the molecule is C[C@H](CCCC(NC(=O)OC(C)(C)C)c1cc(Cl)ccn1)C(=O)O. The first-order valence-corrected chi connectivity index (χ1v) is 8.30. The monoisotopic (exact) mass is 356 g/mol. The second kappa shape index (κ2) is 8.87. The van der Waals surface area contributed by atoms with Crippen molar-refractivity contribution in [3.8, 4) is 0 Å². The average Bonchev–Trinajstić information content (AvgIpc) is 2.43. The Bertz CT molecular complexity index is 572. The lowest BCUT2D eigenvalue weighted by molar-refractivity contribution is -0.141. The fourth-order valence-corrected chi connectivity index (χ4v) is 2.28. The molecule has 0 radical (unpaired) electrons. The van der Waals surface area contributed by atoms with E-state index < -0.39 is 23.6 Å². The molecule has 1 aromatic rings. The summed E-state index contributed by atoms with van der Waals surface area (Å²) in [7, 11) is 0. The lowest BCUT2D eigenvalue weighted by Gasteiger charge is -2.23. The number of carboxylic acid groups (broad SMARTS) is 1. The molecule has 1 aromatic heterocycles. The van der Waals surface area contributed by atoms with E-state index in [0.29, 0.717) is 30.0 Å². The van der Waals surface area contributed by atoms with Gasteiger partial charge in [0.1, 0.15) is 5.60 Å². The zero-order chi connectivity index (χ0) is 18.3. The van der Waals surface area contributed by atoms with E-state index >= 15 is 0 Å². The fraction of sp³-hybridized carbons (Fsp3) is 0.588. The van der Waals surface area contributed by atoms with Crippen molar-refractivity contribution in [2.24, 2.45) is 5.92 Å². The Kier molecular flexibility index (Phi) is 7.48. The van der Waals surface area contributed by atoms with Crippen LogP contribution in [0, 0.1) is 5.92 Å². The number of ether oxygens (including phenoxy) is 1. The Morgan fingerprint density at radius 1 is 1.38 bits per heavy atom. The van der Waals surface area contributed by atoms with Crippen LogP contribution in [0.25, 0.3) is 0 Å². The quantitative estimate of drug-likeness (QED) is 0.764. The van der Waals surface area contributed by atoms with Crippen LogP contribution in [0.2, 0.25) is 5.02 Å². The Morgan fingerprint density at radius 3 is 2.58 bits per heavy atom. The highest BCUT2D eigenvalue weighted by Gasteiger charge is 2.22. The van der Waals surface area contributed by atoms with Gasteiger partial charge in [0.25, 0.3) is 0 Å². The van der Waals surface area contributed by atoms with Crippen molar-refractivity contribution in [3.05, 3.63) is 29.0 Å². The van der Waals surface area contributed by atoms with E-state index in [1.54, 1.807) is 46.0 Å². The summed E-state index contributed by atoms with van der Waals surface area (Å²) >= 11 is 6.00. The number of hydrogen-bond acceptors (Lipinski definition) is 4. The number of halogens is 1. The highest BCUT2D eigenvalue weighted by Crippen LogP contribution is 2.22. The first-order chi connectivity index (χ1) is 11.1. The maximum absolute atomic E-state index is 12.0. The lowest BCUT2D eigenvalue weighted by Crippen LogP contribution is -2.35. The molecule has 7 heteroatoms. The number of amides is 1. The molecule has 0 aliphatic rings. The number of aliphatic carboxylic acids is 1. The predicted octanol–water partition coefficient (Wildman–Crippen LogP) is 4.19. The first kappa shape index (κ1) is 20.2. The Labute approximate surface area is 147 Å². The van der Waals surface area contributed by atoms with Crippen molar-refractivity contribution in [2.75, 3.05) is 0 Å². The fourth-order valence-electron chi connectivity index (χ4n) is 2.11. The Morgan fingerprint density at radius 2 is 2.04 bits per heavy atom. The van der Waals surface area contributed by atoms with Gasteiger partial charge in [-0.15, -0.1) is 0 Å². The summed E-state index contributed by atoms with van der Waals surface area (Å²) in [6.45, 7) is 7.02. The van der Waals surface area contributed by atoms with E-state index in [1.165, 1.54) is 0 Å². The smallest absolute Gasteiger partial charge is 0.408 e. The molecule has 1 amide bonds. The molecule has 0 bridgehead atoms. The maximum Gasteiger partial charge on any atom is 0.408 e. The average molecular weight is 357 g/mol. The number of hydrogen-bond donors (Lipinski definition) is 2. The van der Waals surface area contributed by atoms with Gasteiger partial charge in [0, 0.05) is 11.2 Å². The molecule has 0 spiro atoms. The lowest BCUT2D eigenvalue weighted by atomic mass is 10.00. The predicted molar refractivity (Wildman–Crippen MR) is 92.0 cm³/mol. The highest BCUT2D eigenvalue weighted by atomic mass is 35.5. The van der Waals surface area contributed by atoms with Gasteiger partial charge < -0.3 is 15.2 Å². The number of aromatic nitrogens is 1. The van der Waals surface area contributed by atoms with Gasteiger partial charge in [-0.3, -0.25) is 9.78 Å². The topological polar surface area (TPSA) is 88.5 Å². The minimum absolute atomic E-state index is 0.389. The number of nitrogens with zero attached hydrogens (tertiary/aromatic N) is 1. The van der Waals surface area contributed by atoms with E-state index in [0.717, 1.165) is 0 Å². The van der Waals surface area contributed by atoms with Crippen molar-refractivity contribution in [1.29, 1.82) is 0 Å². The van der Waals surface area contributed by atoms with Crippen LogP contribution < -0.4 is 5.32 Å². The maximum atomic E-state index is 12.0. The minimum atomic E-state index is -0.826. The van der Waals surface area contributed by atoms with Crippen molar-refractivity contribution >= 4 is 23.7 Å². The van der Waals surface area contributed by atoms with Crippen LogP contribution in [0.4, 0.5) is 4.79 Å².